The fourth-order valence-corrected chi connectivity index (χ4v) is 3.80. The van der Waals surface area contributed by atoms with Crippen LogP contribution in [0.3, 0.4) is 0 Å². The summed E-state index contributed by atoms with van der Waals surface area (Å²) in [5.74, 6) is 2.89. The summed E-state index contributed by atoms with van der Waals surface area (Å²) in [4.78, 5) is 0. The van der Waals surface area contributed by atoms with Crippen LogP contribution in [0.25, 0.3) is 0 Å². The summed E-state index contributed by atoms with van der Waals surface area (Å²) < 4.78 is 5.61. The van der Waals surface area contributed by atoms with Crippen LogP contribution in [-0.2, 0) is 4.74 Å². The van der Waals surface area contributed by atoms with Crippen LogP contribution in [-0.4, -0.2) is 18.8 Å². The Bertz CT molecular complexity index is 237. The van der Waals surface area contributed by atoms with Gasteiger partial charge in [-0.1, -0.05) is 13.3 Å². The predicted molar refractivity (Wildman–Crippen MR) is 67.2 cm³/mol. The first-order chi connectivity index (χ1) is 7.59. The second-order valence-electron chi connectivity index (χ2n) is 6.15. The zero-order valence-electron chi connectivity index (χ0n) is 11.0. The van der Waals surface area contributed by atoms with E-state index in [1.807, 2.05) is 0 Å². The van der Waals surface area contributed by atoms with Gasteiger partial charge in [0.1, 0.15) is 0 Å². The zero-order valence-corrected chi connectivity index (χ0v) is 11.0. The molecule has 0 saturated heterocycles. The van der Waals surface area contributed by atoms with E-state index in [0.29, 0.717) is 0 Å². The molecule has 2 aliphatic rings. The molecule has 2 fully saturated rings. The van der Waals surface area contributed by atoms with Gasteiger partial charge in [-0.3, -0.25) is 0 Å². The van der Waals surface area contributed by atoms with Crippen LogP contribution in [0, 0.1) is 17.8 Å². The molecule has 2 N–H and O–H groups in total. The van der Waals surface area contributed by atoms with Crippen molar-refractivity contribution in [1.82, 2.24) is 0 Å². The Labute approximate surface area is 99.9 Å². The van der Waals surface area contributed by atoms with E-state index in [2.05, 4.69) is 13.8 Å². The number of rotatable bonds is 5. The molecule has 16 heavy (non-hydrogen) atoms. The molecule has 0 aromatic carbocycles. The van der Waals surface area contributed by atoms with Gasteiger partial charge in [-0.2, -0.15) is 0 Å². The van der Waals surface area contributed by atoms with Crippen LogP contribution < -0.4 is 5.73 Å². The van der Waals surface area contributed by atoms with Crippen molar-refractivity contribution < 1.29 is 4.74 Å². The predicted octanol–water partition coefficient (Wildman–Crippen LogP) is 2.96. The van der Waals surface area contributed by atoms with E-state index in [4.69, 9.17) is 10.5 Å². The van der Waals surface area contributed by atoms with Gasteiger partial charge < -0.3 is 10.5 Å². The van der Waals surface area contributed by atoms with Crippen LogP contribution >= 0.6 is 0 Å². The maximum absolute atomic E-state index is 6.36. The molecule has 0 spiro atoms. The minimum atomic E-state index is -0.123. The first kappa shape index (κ1) is 12.4. The molecule has 0 aliphatic heterocycles. The molecule has 5 atom stereocenters. The Kier molecular flexibility index (Phi) is 3.60. The van der Waals surface area contributed by atoms with Gasteiger partial charge in [-0.15, -0.1) is 0 Å². The number of hydrogen-bond donors (Lipinski definition) is 1. The Hall–Kier alpha value is -0.0800. The van der Waals surface area contributed by atoms with Crippen molar-refractivity contribution >= 4 is 0 Å². The van der Waals surface area contributed by atoms with Crippen molar-refractivity contribution in [3.63, 3.8) is 0 Å². The molecule has 0 radical (unpaired) electrons. The molecule has 2 saturated carbocycles. The van der Waals surface area contributed by atoms with Crippen molar-refractivity contribution in [2.75, 3.05) is 7.11 Å². The van der Waals surface area contributed by atoms with Crippen LogP contribution in [0.1, 0.15) is 52.4 Å². The quantitative estimate of drug-likeness (QED) is 0.780. The molecule has 5 unspecified atom stereocenters. The van der Waals surface area contributed by atoms with E-state index in [0.717, 1.165) is 24.2 Å². The third-order valence-electron chi connectivity index (χ3n) is 5.39. The van der Waals surface area contributed by atoms with Crippen LogP contribution in [0.4, 0.5) is 0 Å². The van der Waals surface area contributed by atoms with Gasteiger partial charge in [0.15, 0.2) is 0 Å². The fraction of sp³-hybridized carbons (Fsp3) is 1.00. The normalized spacial score (nSPS) is 38.6. The van der Waals surface area contributed by atoms with E-state index in [9.17, 15) is 0 Å². The van der Waals surface area contributed by atoms with Crippen molar-refractivity contribution in [3.8, 4) is 0 Å². The molecular weight excluding hydrogens is 198 g/mol. The van der Waals surface area contributed by atoms with Crippen molar-refractivity contribution in [2.24, 2.45) is 23.5 Å². The molecule has 0 aromatic heterocycles. The highest BCUT2D eigenvalue weighted by Gasteiger charge is 2.42. The molecule has 2 rings (SSSR count). The van der Waals surface area contributed by atoms with E-state index in [-0.39, 0.29) is 11.6 Å². The van der Waals surface area contributed by atoms with Crippen LogP contribution in [0.15, 0.2) is 0 Å². The van der Waals surface area contributed by atoms with Gasteiger partial charge in [-0.25, -0.2) is 0 Å². The third-order valence-corrected chi connectivity index (χ3v) is 5.39. The lowest BCUT2D eigenvalue weighted by atomic mass is 9.79. The minimum Gasteiger partial charge on any atom is -0.377 e. The van der Waals surface area contributed by atoms with Crippen molar-refractivity contribution in [1.29, 1.82) is 0 Å². The topological polar surface area (TPSA) is 35.2 Å². The molecule has 2 heteroatoms. The van der Waals surface area contributed by atoms with Gasteiger partial charge >= 0.3 is 0 Å². The lowest BCUT2D eigenvalue weighted by Gasteiger charge is -2.36. The molecule has 2 bridgehead atoms. The SMILES string of the molecule is CCC(C)(OC)C(N)CC1CC2CCC1C2. The van der Waals surface area contributed by atoms with Gasteiger partial charge in [0.2, 0.25) is 0 Å². The third kappa shape index (κ3) is 2.14. The second-order valence-corrected chi connectivity index (χ2v) is 6.15. The number of methoxy groups -OCH3 is 1. The maximum atomic E-state index is 6.36. The monoisotopic (exact) mass is 225 g/mol. The first-order valence-electron chi connectivity index (χ1n) is 6.89. The largest absolute Gasteiger partial charge is 0.377 e. The van der Waals surface area contributed by atoms with E-state index < -0.39 is 0 Å². The average molecular weight is 225 g/mol. The van der Waals surface area contributed by atoms with Crippen LogP contribution in [0.5, 0.6) is 0 Å². The molecule has 0 amide bonds. The summed E-state index contributed by atoms with van der Waals surface area (Å²) in [5.41, 5.74) is 6.24. The van der Waals surface area contributed by atoms with Gasteiger partial charge in [0.25, 0.3) is 0 Å². The number of hydrogen-bond acceptors (Lipinski definition) is 2. The smallest absolute Gasteiger partial charge is 0.0798 e. The highest BCUT2D eigenvalue weighted by atomic mass is 16.5. The standard InChI is InChI=1S/C14H27NO/c1-4-14(2,16-3)13(15)9-12-8-10-5-6-11(12)7-10/h10-13H,4-9,15H2,1-3H3. The molecular formula is C14H27NO. The molecule has 2 aliphatic carbocycles. The molecule has 2 nitrogen and oxygen atoms in total. The minimum absolute atomic E-state index is 0.123. The summed E-state index contributed by atoms with van der Waals surface area (Å²) in [5, 5.41) is 0. The highest BCUT2D eigenvalue weighted by molar-refractivity contribution is 4.95. The van der Waals surface area contributed by atoms with E-state index >= 15 is 0 Å². The van der Waals surface area contributed by atoms with Gasteiger partial charge in [0, 0.05) is 13.2 Å². The zero-order chi connectivity index (χ0) is 11.8. The van der Waals surface area contributed by atoms with Crippen molar-refractivity contribution in [2.45, 2.75) is 64.0 Å². The molecule has 0 aromatic rings. The second kappa shape index (κ2) is 4.66. The Morgan fingerprint density at radius 2 is 2.12 bits per heavy atom. The summed E-state index contributed by atoms with van der Waals surface area (Å²) in [6.45, 7) is 4.33. The number of ether oxygens (including phenoxy) is 1. The Morgan fingerprint density at radius 3 is 2.56 bits per heavy atom. The van der Waals surface area contributed by atoms with E-state index in [1.165, 1.54) is 32.1 Å². The van der Waals surface area contributed by atoms with Crippen molar-refractivity contribution in [3.05, 3.63) is 0 Å². The average Bonchev–Trinajstić information content (AvgIpc) is 2.89. The Morgan fingerprint density at radius 1 is 1.38 bits per heavy atom. The number of nitrogens with two attached hydrogens (primary N) is 1. The van der Waals surface area contributed by atoms with Crippen LogP contribution in [0.2, 0.25) is 0 Å². The summed E-state index contributed by atoms with van der Waals surface area (Å²) in [6.07, 6.45) is 8.02. The summed E-state index contributed by atoms with van der Waals surface area (Å²) >= 11 is 0. The van der Waals surface area contributed by atoms with Gasteiger partial charge in [0.05, 0.1) is 5.60 Å². The fourth-order valence-electron chi connectivity index (χ4n) is 3.80. The lowest BCUT2D eigenvalue weighted by molar-refractivity contribution is -0.0261. The first-order valence-corrected chi connectivity index (χ1v) is 6.89. The van der Waals surface area contributed by atoms with Gasteiger partial charge in [-0.05, 0) is 56.8 Å². The lowest BCUT2D eigenvalue weighted by Crippen LogP contribution is -2.48. The maximum Gasteiger partial charge on any atom is 0.0798 e. The Balaban J connectivity index is 1.89. The highest BCUT2D eigenvalue weighted by Crippen LogP contribution is 2.50. The van der Waals surface area contributed by atoms with E-state index in [1.54, 1.807) is 7.11 Å². The summed E-state index contributed by atoms with van der Waals surface area (Å²) in [6, 6.07) is 0.201. The molecule has 94 valence electrons. The number of fused-ring (bicyclic) bond motifs is 2. The summed E-state index contributed by atoms with van der Waals surface area (Å²) in [7, 11) is 1.80. The molecule has 0 heterocycles.